The third-order valence-electron chi connectivity index (χ3n) is 7.77. The summed E-state index contributed by atoms with van der Waals surface area (Å²) in [4.78, 5) is 29.6. The summed E-state index contributed by atoms with van der Waals surface area (Å²) in [7, 11) is 0. The summed E-state index contributed by atoms with van der Waals surface area (Å²) in [6, 6.07) is 20.7. The number of hydrogen-bond donors (Lipinski definition) is 1. The van der Waals surface area contributed by atoms with Gasteiger partial charge >= 0.3 is 6.09 Å². The first-order valence-corrected chi connectivity index (χ1v) is 13.1. The fourth-order valence-corrected chi connectivity index (χ4v) is 6.02. The van der Waals surface area contributed by atoms with E-state index in [9.17, 15) is 9.59 Å². The Balaban J connectivity index is 1.11. The highest BCUT2D eigenvalue weighted by Gasteiger charge is 2.35. The zero-order valence-corrected chi connectivity index (χ0v) is 21.4. The zero-order chi connectivity index (χ0) is 25.5. The molecule has 6 rings (SSSR count). The fraction of sp³-hybridized carbons (Fsp3) is 0.333. The summed E-state index contributed by atoms with van der Waals surface area (Å²) in [5.74, 6) is -0.0180. The van der Waals surface area contributed by atoms with Gasteiger partial charge in [0.2, 0.25) is 5.91 Å². The number of likely N-dealkylation sites (tertiary alicyclic amines) is 1. The molecule has 2 aliphatic heterocycles. The van der Waals surface area contributed by atoms with Gasteiger partial charge in [0.25, 0.3) is 0 Å². The Bertz CT molecular complexity index is 1500. The summed E-state index contributed by atoms with van der Waals surface area (Å²) < 4.78 is 7.76. The molecule has 0 radical (unpaired) electrons. The Labute approximate surface area is 216 Å². The quantitative estimate of drug-likeness (QED) is 0.386. The van der Waals surface area contributed by atoms with Crippen LogP contribution in [0.4, 0.5) is 16.2 Å². The minimum Gasteiger partial charge on any atom is -0.444 e. The molecule has 7 nitrogen and oxygen atoms in total. The van der Waals surface area contributed by atoms with Gasteiger partial charge in [-0.3, -0.25) is 14.6 Å². The molecule has 2 aliphatic rings. The Morgan fingerprint density at radius 2 is 1.78 bits per heavy atom. The molecule has 190 valence electrons. The lowest BCUT2D eigenvalue weighted by Crippen LogP contribution is -2.50. The predicted molar refractivity (Wildman–Crippen MR) is 147 cm³/mol. The van der Waals surface area contributed by atoms with E-state index >= 15 is 0 Å². The molecule has 0 saturated carbocycles. The number of nitrogens with zero attached hydrogens (tertiary/aromatic N) is 3. The number of hydrogen-bond acceptors (Lipinski definition) is 4. The van der Waals surface area contributed by atoms with Crippen molar-refractivity contribution in [3.05, 3.63) is 71.8 Å². The molecule has 1 aromatic heterocycles. The molecule has 37 heavy (non-hydrogen) atoms. The second-order valence-electron chi connectivity index (χ2n) is 10.1. The third kappa shape index (κ3) is 4.23. The third-order valence-corrected chi connectivity index (χ3v) is 7.77. The smallest absolute Gasteiger partial charge is 0.414 e. The minimum absolute atomic E-state index is 0.0180. The number of piperidine rings is 1. The molecule has 1 saturated heterocycles. The Hall–Kier alpha value is -3.84. The Kier molecular flexibility index (Phi) is 6.08. The average Bonchev–Trinajstić information content (AvgIpc) is 3.22. The van der Waals surface area contributed by atoms with Crippen LogP contribution < -0.4 is 10.2 Å². The maximum Gasteiger partial charge on any atom is 0.414 e. The molecular formula is C30H32N4O3. The van der Waals surface area contributed by atoms with Crippen molar-refractivity contribution in [2.75, 3.05) is 29.9 Å². The van der Waals surface area contributed by atoms with Gasteiger partial charge in [-0.05, 0) is 56.5 Å². The number of ether oxygens (including phenoxy) is 1. The van der Waals surface area contributed by atoms with Gasteiger partial charge in [-0.15, -0.1) is 0 Å². The molecule has 3 heterocycles. The maximum absolute atomic E-state index is 12.9. The highest BCUT2D eigenvalue weighted by Crippen LogP contribution is 2.35. The molecular weight excluding hydrogens is 464 g/mol. The normalized spacial score (nSPS) is 16.7. The van der Waals surface area contributed by atoms with E-state index in [4.69, 9.17) is 4.74 Å². The molecule has 0 unspecified atom stereocenters. The van der Waals surface area contributed by atoms with Crippen molar-refractivity contribution in [2.45, 2.75) is 45.9 Å². The highest BCUT2D eigenvalue weighted by atomic mass is 16.6. The van der Waals surface area contributed by atoms with Crippen LogP contribution in [-0.2, 0) is 22.7 Å². The first-order valence-electron chi connectivity index (χ1n) is 13.1. The molecule has 2 amide bonds. The van der Waals surface area contributed by atoms with Crippen molar-refractivity contribution in [1.29, 1.82) is 0 Å². The number of aromatic nitrogens is 1. The van der Waals surface area contributed by atoms with E-state index in [-0.39, 0.29) is 18.0 Å². The molecule has 0 spiro atoms. The van der Waals surface area contributed by atoms with Crippen molar-refractivity contribution >= 4 is 45.2 Å². The number of carbonyl (C=O) groups is 2. The van der Waals surface area contributed by atoms with Crippen LogP contribution in [0.25, 0.3) is 21.8 Å². The van der Waals surface area contributed by atoms with E-state index in [1.165, 1.54) is 16.4 Å². The lowest BCUT2D eigenvalue weighted by Gasteiger charge is -2.40. The SMILES string of the molecule is CCn1c2ccccc2c2cc(NC(=O)CN3CCC(N4C(=O)OCc5cccc(C)c54)CC3)ccc21. The van der Waals surface area contributed by atoms with Crippen LogP contribution in [0.1, 0.15) is 30.9 Å². The van der Waals surface area contributed by atoms with Gasteiger partial charge in [-0.1, -0.05) is 36.4 Å². The predicted octanol–water partition coefficient (Wildman–Crippen LogP) is 5.68. The summed E-state index contributed by atoms with van der Waals surface area (Å²) in [6.07, 6.45) is 1.34. The van der Waals surface area contributed by atoms with E-state index in [1.807, 2.05) is 36.1 Å². The van der Waals surface area contributed by atoms with Gasteiger partial charge in [0.05, 0.1) is 12.2 Å². The summed E-state index contributed by atoms with van der Waals surface area (Å²) in [6.45, 7) is 7.27. The van der Waals surface area contributed by atoms with Gasteiger partial charge < -0.3 is 14.6 Å². The number of nitrogens with one attached hydrogen (secondary N) is 1. The second kappa shape index (κ2) is 9.56. The lowest BCUT2D eigenvalue weighted by atomic mass is 9.99. The van der Waals surface area contributed by atoms with Gasteiger partial charge in [0.15, 0.2) is 0 Å². The Morgan fingerprint density at radius 3 is 2.59 bits per heavy atom. The number of fused-ring (bicyclic) bond motifs is 4. The fourth-order valence-electron chi connectivity index (χ4n) is 6.02. The molecule has 0 atom stereocenters. The first kappa shape index (κ1) is 23.6. The molecule has 3 aromatic carbocycles. The van der Waals surface area contributed by atoms with Crippen molar-refractivity contribution in [3.8, 4) is 0 Å². The monoisotopic (exact) mass is 496 g/mol. The zero-order valence-electron chi connectivity index (χ0n) is 21.4. The van der Waals surface area contributed by atoms with E-state index in [0.717, 1.165) is 60.4 Å². The number of aryl methyl sites for hydroxylation is 2. The van der Waals surface area contributed by atoms with Crippen LogP contribution in [-0.4, -0.2) is 47.1 Å². The van der Waals surface area contributed by atoms with E-state index < -0.39 is 0 Å². The van der Waals surface area contributed by atoms with Crippen molar-refractivity contribution in [1.82, 2.24) is 9.47 Å². The van der Waals surface area contributed by atoms with Crippen molar-refractivity contribution < 1.29 is 14.3 Å². The summed E-state index contributed by atoms with van der Waals surface area (Å²) in [5, 5.41) is 5.45. The van der Waals surface area contributed by atoms with Crippen LogP contribution in [0.2, 0.25) is 0 Å². The van der Waals surface area contributed by atoms with Gasteiger partial charge in [0, 0.05) is 58.7 Å². The average molecular weight is 497 g/mol. The summed E-state index contributed by atoms with van der Waals surface area (Å²) in [5.41, 5.74) is 6.35. The molecule has 0 aliphatic carbocycles. The largest absolute Gasteiger partial charge is 0.444 e. The molecule has 7 heteroatoms. The van der Waals surface area contributed by atoms with E-state index in [2.05, 4.69) is 58.1 Å². The number of para-hydroxylation sites is 2. The topological polar surface area (TPSA) is 66.8 Å². The van der Waals surface area contributed by atoms with Crippen molar-refractivity contribution in [3.63, 3.8) is 0 Å². The number of carbonyl (C=O) groups excluding carboxylic acids is 2. The van der Waals surface area contributed by atoms with Crippen LogP contribution >= 0.6 is 0 Å². The van der Waals surface area contributed by atoms with Gasteiger partial charge in [-0.2, -0.15) is 0 Å². The standard InChI is InChI=1S/C30H32N4O3/c1-3-33-26-10-5-4-9-24(26)25-17-22(11-12-27(25)33)31-28(35)18-32-15-13-23(14-16-32)34-29-20(2)7-6-8-21(29)19-37-30(34)36/h4-12,17,23H,3,13-16,18-19H2,1-2H3,(H,31,35). The Morgan fingerprint density at radius 1 is 1.00 bits per heavy atom. The number of anilines is 2. The molecule has 4 aromatic rings. The minimum atomic E-state index is -0.266. The number of benzene rings is 3. The number of amides is 2. The highest BCUT2D eigenvalue weighted by molar-refractivity contribution is 6.09. The van der Waals surface area contributed by atoms with E-state index in [0.29, 0.717) is 13.2 Å². The van der Waals surface area contributed by atoms with Crippen LogP contribution in [0, 0.1) is 6.92 Å². The second-order valence-corrected chi connectivity index (χ2v) is 10.1. The van der Waals surface area contributed by atoms with Crippen LogP contribution in [0.15, 0.2) is 60.7 Å². The van der Waals surface area contributed by atoms with E-state index in [1.54, 1.807) is 0 Å². The maximum atomic E-state index is 12.9. The molecule has 1 fully saturated rings. The first-order chi connectivity index (χ1) is 18.0. The number of cyclic esters (lactones) is 1. The van der Waals surface area contributed by atoms with Gasteiger partial charge in [-0.25, -0.2) is 4.79 Å². The summed E-state index contributed by atoms with van der Waals surface area (Å²) >= 11 is 0. The van der Waals surface area contributed by atoms with Crippen molar-refractivity contribution in [2.24, 2.45) is 0 Å². The lowest BCUT2D eigenvalue weighted by molar-refractivity contribution is -0.117. The van der Waals surface area contributed by atoms with Gasteiger partial charge in [0.1, 0.15) is 6.61 Å². The van der Waals surface area contributed by atoms with Crippen LogP contribution in [0.5, 0.6) is 0 Å². The molecule has 0 bridgehead atoms. The number of rotatable bonds is 5. The van der Waals surface area contributed by atoms with Crippen LogP contribution in [0.3, 0.4) is 0 Å². The molecule has 1 N–H and O–H groups in total.